The van der Waals surface area contributed by atoms with Gasteiger partial charge in [-0.3, -0.25) is 0 Å². The third kappa shape index (κ3) is 4.91. The summed E-state index contributed by atoms with van der Waals surface area (Å²) in [5.41, 5.74) is 0.584. The highest BCUT2D eigenvalue weighted by Gasteiger charge is 2.20. The Bertz CT molecular complexity index is 499. The molecule has 0 heterocycles. The van der Waals surface area contributed by atoms with E-state index < -0.39 is 16.1 Å². The Labute approximate surface area is 114 Å². The number of hydrogen-bond donors (Lipinski definition) is 2. The van der Waals surface area contributed by atoms with Gasteiger partial charge < -0.3 is 9.84 Å². The monoisotopic (exact) mass is 287 g/mol. The van der Waals surface area contributed by atoms with Crippen LogP contribution in [0.4, 0.5) is 0 Å². The predicted octanol–water partition coefficient (Wildman–Crippen LogP) is 0.923. The zero-order chi connectivity index (χ0) is 14.5. The predicted molar refractivity (Wildman–Crippen MR) is 73.5 cm³/mol. The summed E-state index contributed by atoms with van der Waals surface area (Å²) in [6, 6.07) is 6.49. The van der Waals surface area contributed by atoms with E-state index >= 15 is 0 Å². The molecule has 5 nitrogen and oxygen atoms in total. The molecule has 1 rings (SSSR count). The number of aliphatic hydroxyl groups excluding tert-OH is 1. The second kappa shape index (κ2) is 7.00. The van der Waals surface area contributed by atoms with Gasteiger partial charge in [0.2, 0.25) is 10.0 Å². The van der Waals surface area contributed by atoms with Crippen molar-refractivity contribution in [3.05, 3.63) is 29.8 Å². The minimum atomic E-state index is -3.55. The molecular weight excluding hydrogens is 266 g/mol. The Balaban J connectivity index is 3.02. The number of benzene rings is 1. The third-order valence-corrected chi connectivity index (χ3v) is 4.23. The maximum absolute atomic E-state index is 12.2. The molecule has 1 unspecified atom stereocenters. The lowest BCUT2D eigenvalue weighted by atomic mass is 10.1. The first kappa shape index (κ1) is 16.1. The van der Waals surface area contributed by atoms with Crippen LogP contribution in [0, 0.1) is 0 Å². The van der Waals surface area contributed by atoms with Gasteiger partial charge in [-0.05, 0) is 25.5 Å². The zero-order valence-corrected chi connectivity index (χ0v) is 12.3. The van der Waals surface area contributed by atoms with Crippen LogP contribution in [0.2, 0.25) is 0 Å². The number of rotatable bonds is 7. The van der Waals surface area contributed by atoms with Crippen LogP contribution in [0.15, 0.2) is 29.2 Å². The van der Waals surface area contributed by atoms with Crippen LogP contribution in [0.5, 0.6) is 0 Å². The molecule has 0 saturated carbocycles. The van der Waals surface area contributed by atoms with Crippen LogP contribution in [0.3, 0.4) is 0 Å². The Hall–Kier alpha value is -0.950. The van der Waals surface area contributed by atoms with Gasteiger partial charge in [0.1, 0.15) is 0 Å². The highest BCUT2D eigenvalue weighted by atomic mass is 32.2. The molecule has 0 bridgehead atoms. The van der Waals surface area contributed by atoms with Gasteiger partial charge in [-0.1, -0.05) is 18.2 Å². The fourth-order valence-electron chi connectivity index (χ4n) is 1.81. The van der Waals surface area contributed by atoms with Crippen molar-refractivity contribution in [1.82, 2.24) is 4.72 Å². The second-order valence-electron chi connectivity index (χ2n) is 4.70. The maximum Gasteiger partial charge on any atom is 0.241 e. The van der Waals surface area contributed by atoms with Gasteiger partial charge in [0.25, 0.3) is 0 Å². The molecule has 0 fully saturated rings. The van der Waals surface area contributed by atoms with E-state index in [-0.39, 0.29) is 24.0 Å². The average molecular weight is 287 g/mol. The van der Waals surface area contributed by atoms with Crippen LogP contribution < -0.4 is 4.72 Å². The Morgan fingerprint density at radius 1 is 1.32 bits per heavy atom. The van der Waals surface area contributed by atoms with Crippen molar-refractivity contribution >= 4 is 10.0 Å². The normalized spacial score (nSPS) is 13.7. The molecule has 1 aromatic rings. The Morgan fingerprint density at radius 2 is 1.95 bits per heavy atom. The van der Waals surface area contributed by atoms with Crippen LogP contribution >= 0.6 is 0 Å². The van der Waals surface area contributed by atoms with Gasteiger partial charge in [0, 0.05) is 19.6 Å². The van der Waals surface area contributed by atoms with E-state index in [4.69, 9.17) is 4.74 Å². The van der Waals surface area contributed by atoms with E-state index in [9.17, 15) is 13.5 Å². The van der Waals surface area contributed by atoms with Crippen LogP contribution in [0.25, 0.3) is 0 Å². The number of sulfonamides is 1. The summed E-state index contributed by atoms with van der Waals surface area (Å²) in [5, 5.41) is 9.73. The van der Waals surface area contributed by atoms with E-state index in [1.807, 2.05) is 0 Å². The molecule has 0 radical (unpaired) electrons. The summed E-state index contributed by atoms with van der Waals surface area (Å²) in [6.07, 6.45) is -0.483. The van der Waals surface area contributed by atoms with Gasteiger partial charge in [-0.2, -0.15) is 0 Å². The van der Waals surface area contributed by atoms with Crippen molar-refractivity contribution in [3.8, 4) is 0 Å². The lowest BCUT2D eigenvalue weighted by molar-refractivity contribution is 0.0646. The summed E-state index contributed by atoms with van der Waals surface area (Å²) in [4.78, 5) is 0.207. The average Bonchev–Trinajstić information content (AvgIpc) is 2.28. The Kier molecular flexibility index (Phi) is 5.93. The topological polar surface area (TPSA) is 75.6 Å². The first-order valence-electron chi connectivity index (χ1n) is 6.14. The molecule has 0 aliphatic carbocycles. The van der Waals surface area contributed by atoms with Crippen LogP contribution in [-0.4, -0.2) is 39.4 Å². The number of hydrogen-bond acceptors (Lipinski definition) is 4. The highest BCUT2D eigenvalue weighted by molar-refractivity contribution is 7.89. The van der Waals surface area contributed by atoms with E-state index in [2.05, 4.69) is 4.72 Å². The minimum absolute atomic E-state index is 0.173. The minimum Gasteiger partial charge on any atom is -0.390 e. The number of nitrogens with one attached hydrogen (secondary N) is 1. The molecule has 0 saturated heterocycles. The molecular formula is C13H21NO4S. The maximum atomic E-state index is 12.2. The van der Waals surface area contributed by atoms with Crippen molar-refractivity contribution in [1.29, 1.82) is 0 Å². The molecule has 19 heavy (non-hydrogen) atoms. The highest BCUT2D eigenvalue weighted by Crippen LogP contribution is 2.17. The van der Waals surface area contributed by atoms with Crippen molar-refractivity contribution in [2.24, 2.45) is 0 Å². The Morgan fingerprint density at radius 3 is 2.53 bits per heavy atom. The van der Waals surface area contributed by atoms with Crippen molar-refractivity contribution in [3.63, 3.8) is 0 Å². The molecule has 1 atom stereocenters. The van der Waals surface area contributed by atoms with Crippen molar-refractivity contribution < 1.29 is 18.3 Å². The molecule has 0 aliphatic rings. The zero-order valence-electron chi connectivity index (χ0n) is 11.5. The summed E-state index contributed by atoms with van der Waals surface area (Å²) < 4.78 is 31.7. The largest absolute Gasteiger partial charge is 0.390 e. The molecule has 0 aromatic heterocycles. The van der Waals surface area contributed by atoms with E-state index in [1.54, 1.807) is 38.1 Å². The molecule has 0 spiro atoms. The fraction of sp³-hybridized carbons (Fsp3) is 0.538. The summed E-state index contributed by atoms with van der Waals surface area (Å²) >= 11 is 0. The van der Waals surface area contributed by atoms with Gasteiger partial charge in [0.05, 0.1) is 17.6 Å². The van der Waals surface area contributed by atoms with Gasteiger partial charge >= 0.3 is 0 Å². The first-order valence-corrected chi connectivity index (χ1v) is 7.62. The number of ether oxygens (including phenoxy) is 1. The van der Waals surface area contributed by atoms with Crippen molar-refractivity contribution in [2.75, 3.05) is 13.7 Å². The second-order valence-corrected chi connectivity index (χ2v) is 6.38. The van der Waals surface area contributed by atoms with E-state index in [1.165, 1.54) is 7.11 Å². The molecule has 6 heteroatoms. The summed E-state index contributed by atoms with van der Waals surface area (Å²) in [6.45, 7) is 3.70. The van der Waals surface area contributed by atoms with Crippen LogP contribution in [-0.2, 0) is 21.2 Å². The first-order chi connectivity index (χ1) is 8.86. The molecule has 2 N–H and O–H groups in total. The quantitative estimate of drug-likeness (QED) is 0.782. The summed E-state index contributed by atoms with van der Waals surface area (Å²) in [5.74, 6) is 0. The lowest BCUT2D eigenvalue weighted by Gasteiger charge is -2.15. The molecule has 0 amide bonds. The third-order valence-electron chi connectivity index (χ3n) is 2.47. The van der Waals surface area contributed by atoms with Gasteiger partial charge in [-0.25, -0.2) is 13.1 Å². The standard InChI is InChI=1S/C13H21NO4S/c1-10(2)14-19(16,17)13-7-5-4-6-11(13)8-12(15)9-18-3/h4-7,10,12,14-15H,8-9H2,1-3H3. The van der Waals surface area contributed by atoms with Gasteiger partial charge in [0.15, 0.2) is 0 Å². The number of aliphatic hydroxyl groups is 1. The lowest BCUT2D eigenvalue weighted by Crippen LogP contribution is -2.31. The molecule has 1 aromatic carbocycles. The van der Waals surface area contributed by atoms with Crippen molar-refractivity contribution in [2.45, 2.75) is 37.3 Å². The smallest absolute Gasteiger partial charge is 0.241 e. The molecule has 108 valence electrons. The van der Waals surface area contributed by atoms with Crippen LogP contribution in [0.1, 0.15) is 19.4 Å². The van der Waals surface area contributed by atoms with E-state index in [0.717, 1.165) is 0 Å². The summed E-state index contributed by atoms with van der Waals surface area (Å²) in [7, 11) is -2.06. The van der Waals surface area contributed by atoms with Gasteiger partial charge in [-0.15, -0.1) is 0 Å². The molecule has 0 aliphatic heterocycles. The SMILES string of the molecule is COCC(O)Cc1ccccc1S(=O)(=O)NC(C)C. The van der Waals surface area contributed by atoms with E-state index in [0.29, 0.717) is 5.56 Å². The fourth-order valence-corrected chi connectivity index (χ4v) is 3.32. The number of methoxy groups -OCH3 is 1.